The number of aliphatic hydroxyl groups is 3. The average molecular weight is 1010 g/mol. The van der Waals surface area contributed by atoms with Crippen LogP contribution in [0.25, 0.3) is 0 Å². The van der Waals surface area contributed by atoms with E-state index in [2.05, 4.69) is 87.5 Å². The lowest BCUT2D eigenvalue weighted by Crippen LogP contribution is -2.77. The highest BCUT2D eigenvalue weighted by atomic mass is 16.5. The molecular weight excluding hydrogens is 917 g/mol. The second kappa shape index (κ2) is 19.3. The van der Waals surface area contributed by atoms with Gasteiger partial charge in [0.15, 0.2) is 0 Å². The van der Waals surface area contributed by atoms with Crippen LogP contribution in [-0.4, -0.2) is 57.8 Å². The van der Waals surface area contributed by atoms with Crippen LogP contribution >= 0.6 is 0 Å². The molecule has 12 rings (SSSR count). The topological polar surface area (TPSA) is 113 Å². The highest BCUT2D eigenvalue weighted by Gasteiger charge is 2.77. The molecule has 2 aromatic carbocycles. The smallest absolute Gasteiger partial charge is 0.331 e. The molecule has 10 aliphatic rings. The maximum Gasteiger partial charge on any atom is 0.331 e. The summed E-state index contributed by atoms with van der Waals surface area (Å²) >= 11 is 0. The fraction of sp³-hybridized carbons (Fsp3) is 0.731. The molecule has 1 aliphatic heterocycles. The van der Waals surface area contributed by atoms with Crippen molar-refractivity contribution >= 4 is 11.9 Å². The zero-order valence-corrected chi connectivity index (χ0v) is 45.8. The van der Waals surface area contributed by atoms with E-state index >= 15 is 0 Å². The number of esters is 2. The van der Waals surface area contributed by atoms with Gasteiger partial charge in [-0.1, -0.05) is 119 Å². The Hall–Kier alpha value is -3.26. The second-order valence-electron chi connectivity index (χ2n) is 28.2. The number of hydrogen-bond acceptors (Lipinski definition) is 7. The lowest BCUT2D eigenvalue weighted by molar-refractivity contribution is -0.329. The number of hydrogen-bond donors (Lipinski definition) is 3. The van der Waals surface area contributed by atoms with Gasteiger partial charge in [0, 0.05) is 18.9 Å². The molecule has 1 heterocycles. The number of cyclic esters (lactones) is 1. The molecular formula is C67H92O7. The highest BCUT2D eigenvalue weighted by molar-refractivity contribution is 5.85. The van der Waals surface area contributed by atoms with E-state index in [4.69, 9.17) is 9.47 Å². The molecule has 17 unspecified atom stereocenters. The molecule has 2 aromatic rings. The number of carbonyl (C=O) groups excluding carboxylic acids is 2. The van der Waals surface area contributed by atoms with E-state index in [1.807, 2.05) is 5.57 Å². The molecule has 3 spiro atoms. The molecule has 7 heteroatoms. The van der Waals surface area contributed by atoms with Crippen molar-refractivity contribution in [3.63, 3.8) is 0 Å². The molecule has 0 amide bonds. The maximum atomic E-state index is 14.1. The minimum atomic E-state index is -1.51. The molecule has 74 heavy (non-hydrogen) atoms. The van der Waals surface area contributed by atoms with Gasteiger partial charge in [0.05, 0.1) is 23.2 Å². The normalized spacial score (nSPS) is 43.3. The number of carbonyl (C=O) groups is 2. The van der Waals surface area contributed by atoms with E-state index in [-0.39, 0.29) is 41.7 Å². The van der Waals surface area contributed by atoms with Crippen LogP contribution in [0.5, 0.6) is 0 Å². The Labute approximate surface area is 444 Å². The predicted molar refractivity (Wildman–Crippen MR) is 290 cm³/mol. The first-order valence-electron chi connectivity index (χ1n) is 30.5. The van der Waals surface area contributed by atoms with Crippen LogP contribution in [0.15, 0.2) is 84.0 Å². The summed E-state index contributed by atoms with van der Waals surface area (Å²) in [5, 5.41) is 40.8. The summed E-state index contributed by atoms with van der Waals surface area (Å²) in [6.07, 6.45) is 29.9. The number of aryl methyl sites for hydroxylation is 1. The quantitative estimate of drug-likeness (QED) is 0.113. The Bertz CT molecular complexity index is 2460. The first-order valence-corrected chi connectivity index (χ1v) is 30.5. The molecule has 9 aliphatic carbocycles. The van der Waals surface area contributed by atoms with Gasteiger partial charge in [-0.25, -0.2) is 4.79 Å². The van der Waals surface area contributed by atoms with E-state index in [0.717, 1.165) is 55.9 Å². The third kappa shape index (κ3) is 8.07. The van der Waals surface area contributed by atoms with Crippen LogP contribution in [-0.2, 0) is 30.9 Å². The van der Waals surface area contributed by atoms with Gasteiger partial charge in [-0.05, 0) is 226 Å². The molecule has 4 bridgehead atoms. The Morgan fingerprint density at radius 2 is 1.64 bits per heavy atom. The fourth-order valence-electron chi connectivity index (χ4n) is 22.2. The van der Waals surface area contributed by atoms with E-state index < -0.39 is 46.6 Å². The third-order valence-corrected chi connectivity index (χ3v) is 25.0. The van der Waals surface area contributed by atoms with Gasteiger partial charge in [0.2, 0.25) is 0 Å². The van der Waals surface area contributed by atoms with E-state index in [1.165, 1.54) is 109 Å². The van der Waals surface area contributed by atoms with E-state index in [9.17, 15) is 24.9 Å². The molecule has 3 N–H and O–H groups in total. The van der Waals surface area contributed by atoms with Gasteiger partial charge in [0.1, 0.15) is 12.7 Å². The molecule has 0 saturated heterocycles. The maximum absolute atomic E-state index is 14.1. The van der Waals surface area contributed by atoms with E-state index in [0.29, 0.717) is 54.3 Å². The Balaban J connectivity index is 0.920. The lowest BCUT2D eigenvalue weighted by Gasteiger charge is -2.71. The molecule has 8 fully saturated rings. The number of rotatable bonds is 16. The standard InChI is InChI=1S/C67H92O7/c1-44(15-13-18-47-16-7-5-8-17-47)22-23-56(69)67-57(70)26-30-61(4,60(67)55(74-46(3)68)35-45(2)66(67,72)32-24-48-36-58(71)73-42-48)54-25-31-64-39-50(54)37-49-38-52-21-14-29-63(52)33-34-65(43-63,59(49)64)53(41-64)40-62(27-11-12-28-62)51-19-9-6-10-20-51/h5-10,16-17,19-20,36-37,44-45,50,52-57,59-60,69-70,72H,11-15,18,21-35,38-43H2,1-4H3. The SMILES string of the molecule is CC(=O)OC1CC(C)C(O)(CCC2=CC(=O)OC2)C2(C(O)CCC(C)CCCc3ccccc3)C(O)CCC(C)(C3CCC45CC3C=C3CC6CCCC67CCC(C7)(C(CC6(c7ccccc7)CCCC6)C4)C35)C12. The van der Waals surface area contributed by atoms with Crippen molar-refractivity contribution in [3.8, 4) is 0 Å². The zero-order valence-electron chi connectivity index (χ0n) is 45.8. The number of allylic oxidation sites excluding steroid dienone is 2. The van der Waals surface area contributed by atoms with Gasteiger partial charge in [0.25, 0.3) is 0 Å². The van der Waals surface area contributed by atoms with Gasteiger partial charge < -0.3 is 24.8 Å². The van der Waals surface area contributed by atoms with Crippen molar-refractivity contribution < 1.29 is 34.4 Å². The molecule has 0 aromatic heterocycles. The largest absolute Gasteiger partial charge is 0.462 e. The molecule has 17 atom stereocenters. The predicted octanol–water partition coefficient (Wildman–Crippen LogP) is 13.8. The molecule has 0 radical (unpaired) electrons. The van der Waals surface area contributed by atoms with Crippen molar-refractivity contribution in [2.75, 3.05) is 6.61 Å². The van der Waals surface area contributed by atoms with Crippen LogP contribution in [0.2, 0.25) is 0 Å². The summed E-state index contributed by atoms with van der Waals surface area (Å²) in [7, 11) is 0. The summed E-state index contributed by atoms with van der Waals surface area (Å²) in [5.74, 6) is 1.56. The Kier molecular flexibility index (Phi) is 13.4. The highest BCUT2D eigenvalue weighted by Crippen LogP contribution is 2.82. The Morgan fingerprint density at radius 1 is 0.865 bits per heavy atom. The van der Waals surface area contributed by atoms with Gasteiger partial charge in [-0.2, -0.15) is 0 Å². The van der Waals surface area contributed by atoms with Crippen LogP contribution in [0.3, 0.4) is 0 Å². The van der Waals surface area contributed by atoms with Crippen LogP contribution < -0.4 is 0 Å². The van der Waals surface area contributed by atoms with E-state index in [1.54, 1.807) is 11.6 Å². The number of fused-ring (bicyclic) bond motifs is 2. The zero-order chi connectivity index (χ0) is 51.3. The van der Waals surface area contributed by atoms with Crippen LogP contribution in [0.1, 0.15) is 199 Å². The first kappa shape index (κ1) is 51.5. The minimum Gasteiger partial charge on any atom is -0.462 e. The van der Waals surface area contributed by atoms with Crippen molar-refractivity contribution in [2.45, 2.75) is 224 Å². The number of benzene rings is 2. The summed E-state index contributed by atoms with van der Waals surface area (Å²) in [4.78, 5) is 26.0. The molecule has 8 saturated carbocycles. The monoisotopic (exact) mass is 1010 g/mol. The van der Waals surface area contributed by atoms with Crippen molar-refractivity contribution in [2.24, 2.45) is 74.4 Å². The van der Waals surface area contributed by atoms with Gasteiger partial charge in [-0.3, -0.25) is 4.79 Å². The minimum absolute atomic E-state index is 0.206. The summed E-state index contributed by atoms with van der Waals surface area (Å²) in [6.45, 7) is 8.54. The van der Waals surface area contributed by atoms with Crippen molar-refractivity contribution in [1.82, 2.24) is 0 Å². The summed E-state index contributed by atoms with van der Waals surface area (Å²) < 4.78 is 12.0. The Morgan fingerprint density at radius 3 is 2.38 bits per heavy atom. The van der Waals surface area contributed by atoms with Gasteiger partial charge >= 0.3 is 11.9 Å². The second-order valence-corrected chi connectivity index (χ2v) is 28.2. The first-order chi connectivity index (χ1) is 35.6. The van der Waals surface area contributed by atoms with Crippen LogP contribution in [0.4, 0.5) is 0 Å². The fourth-order valence-corrected chi connectivity index (χ4v) is 22.2. The number of ether oxygens (including phenoxy) is 2. The van der Waals surface area contributed by atoms with Crippen molar-refractivity contribution in [3.05, 3.63) is 95.1 Å². The summed E-state index contributed by atoms with van der Waals surface area (Å²) in [5.41, 5.74) is 3.70. The average Bonchev–Trinajstić information content (AvgIpc) is 4.30. The summed E-state index contributed by atoms with van der Waals surface area (Å²) in [6, 6.07) is 22.4. The third-order valence-electron chi connectivity index (χ3n) is 25.0. The van der Waals surface area contributed by atoms with Crippen LogP contribution in [0, 0.1) is 74.4 Å². The molecule has 7 nitrogen and oxygen atoms in total. The lowest BCUT2D eigenvalue weighted by atomic mass is 9.36. The van der Waals surface area contributed by atoms with Crippen molar-refractivity contribution in [1.29, 1.82) is 0 Å². The molecule has 402 valence electrons. The number of aliphatic hydroxyl groups excluding tert-OH is 2. The van der Waals surface area contributed by atoms with Gasteiger partial charge in [-0.15, -0.1) is 0 Å².